The van der Waals surface area contributed by atoms with Crippen molar-refractivity contribution in [3.8, 4) is 0 Å². The van der Waals surface area contributed by atoms with Crippen LogP contribution in [-0.4, -0.2) is 48.1 Å². The zero-order valence-electron chi connectivity index (χ0n) is 12.2. The van der Waals surface area contributed by atoms with E-state index in [2.05, 4.69) is 39.5 Å². The summed E-state index contributed by atoms with van der Waals surface area (Å²) in [5, 5.41) is 6.77. The fourth-order valence-corrected chi connectivity index (χ4v) is 2.72. The summed E-state index contributed by atoms with van der Waals surface area (Å²) in [6, 6.07) is 0.494. The van der Waals surface area contributed by atoms with Gasteiger partial charge >= 0.3 is 0 Å². The van der Waals surface area contributed by atoms with Crippen molar-refractivity contribution >= 4 is 11.6 Å². The second-order valence-corrected chi connectivity index (χ2v) is 5.30. The number of nitrogens with zero attached hydrogens (tertiary/aromatic N) is 3. The van der Waals surface area contributed by atoms with Gasteiger partial charge in [-0.05, 0) is 32.9 Å². The molecule has 2 rings (SSSR count). The van der Waals surface area contributed by atoms with E-state index in [1.807, 2.05) is 7.05 Å². The lowest BCUT2D eigenvalue weighted by atomic mass is 10.1. The molecule has 1 atom stereocenters. The van der Waals surface area contributed by atoms with Crippen LogP contribution in [0.15, 0.2) is 6.33 Å². The summed E-state index contributed by atoms with van der Waals surface area (Å²) in [5.41, 5.74) is 1.21. The first-order chi connectivity index (χ1) is 9.24. The van der Waals surface area contributed by atoms with Crippen LogP contribution in [0, 0.1) is 0 Å². The van der Waals surface area contributed by atoms with E-state index in [9.17, 15) is 0 Å². The number of nitrogens with one attached hydrogen (secondary N) is 2. The molecular weight excluding hydrogens is 238 g/mol. The summed E-state index contributed by atoms with van der Waals surface area (Å²) < 4.78 is 0. The molecule has 2 heterocycles. The van der Waals surface area contributed by atoms with Gasteiger partial charge in [0, 0.05) is 25.2 Å². The highest BCUT2D eigenvalue weighted by atomic mass is 15.2. The molecule has 0 saturated carbocycles. The van der Waals surface area contributed by atoms with Gasteiger partial charge in [-0.25, -0.2) is 9.97 Å². The minimum atomic E-state index is 0.494. The molecule has 1 aliphatic rings. The number of piperidine rings is 1. The predicted molar refractivity (Wildman–Crippen MR) is 79.7 cm³/mol. The van der Waals surface area contributed by atoms with Crippen LogP contribution in [0.2, 0.25) is 0 Å². The molecule has 0 aliphatic carbocycles. The van der Waals surface area contributed by atoms with Gasteiger partial charge in [-0.15, -0.1) is 0 Å². The molecule has 5 heteroatoms. The standard InChI is InChI=1S/C14H25N5/c1-4-6-12-13(15-2)16-10-17-14(12)18-11-7-5-8-19(3)9-11/h10-11H,4-9H2,1-3H3,(H2,15,16,17,18). The van der Waals surface area contributed by atoms with Gasteiger partial charge in [-0.3, -0.25) is 0 Å². The van der Waals surface area contributed by atoms with Gasteiger partial charge in [0.05, 0.1) is 0 Å². The minimum absolute atomic E-state index is 0.494. The Morgan fingerprint density at radius 2 is 2.16 bits per heavy atom. The first kappa shape index (κ1) is 14.1. The monoisotopic (exact) mass is 263 g/mol. The molecule has 5 nitrogen and oxygen atoms in total. The Kier molecular flexibility index (Phi) is 4.96. The fourth-order valence-electron chi connectivity index (χ4n) is 2.72. The Morgan fingerprint density at radius 1 is 1.37 bits per heavy atom. The maximum atomic E-state index is 4.44. The number of likely N-dealkylation sites (tertiary alicyclic amines) is 1. The average molecular weight is 263 g/mol. The molecule has 1 aliphatic heterocycles. The molecule has 0 bridgehead atoms. The Hall–Kier alpha value is -1.36. The quantitative estimate of drug-likeness (QED) is 0.850. The number of likely N-dealkylation sites (N-methyl/N-ethyl adjacent to an activating group) is 1. The SMILES string of the molecule is CCCc1c(NC)ncnc1NC1CCCN(C)C1. The molecule has 19 heavy (non-hydrogen) atoms. The Morgan fingerprint density at radius 3 is 2.84 bits per heavy atom. The Bertz CT molecular complexity index is 407. The van der Waals surface area contributed by atoms with Crippen LogP contribution in [-0.2, 0) is 6.42 Å². The van der Waals surface area contributed by atoms with Crippen molar-refractivity contribution in [1.29, 1.82) is 0 Å². The molecule has 1 unspecified atom stereocenters. The summed E-state index contributed by atoms with van der Waals surface area (Å²) in [5.74, 6) is 1.95. The molecule has 106 valence electrons. The Labute approximate surface area is 115 Å². The molecule has 0 aromatic carbocycles. The van der Waals surface area contributed by atoms with Crippen LogP contribution in [0.4, 0.5) is 11.6 Å². The summed E-state index contributed by atoms with van der Waals surface area (Å²) in [6.07, 6.45) is 6.21. The van der Waals surface area contributed by atoms with E-state index in [0.717, 1.165) is 31.0 Å². The van der Waals surface area contributed by atoms with Crippen molar-refractivity contribution in [1.82, 2.24) is 14.9 Å². The van der Waals surface area contributed by atoms with Gasteiger partial charge in [0.15, 0.2) is 0 Å². The molecule has 0 amide bonds. The lowest BCUT2D eigenvalue weighted by Crippen LogP contribution is -2.40. The lowest BCUT2D eigenvalue weighted by molar-refractivity contribution is 0.260. The minimum Gasteiger partial charge on any atom is -0.373 e. The van der Waals surface area contributed by atoms with Crippen molar-refractivity contribution in [2.75, 3.05) is 37.8 Å². The summed E-state index contributed by atoms with van der Waals surface area (Å²) in [7, 11) is 4.10. The molecule has 0 radical (unpaired) electrons. The van der Waals surface area contributed by atoms with Gasteiger partial charge in [0.2, 0.25) is 0 Å². The van der Waals surface area contributed by atoms with Gasteiger partial charge in [0.25, 0.3) is 0 Å². The topological polar surface area (TPSA) is 53.1 Å². The van der Waals surface area contributed by atoms with E-state index in [1.165, 1.54) is 24.9 Å². The van der Waals surface area contributed by atoms with Crippen molar-refractivity contribution < 1.29 is 0 Å². The maximum Gasteiger partial charge on any atom is 0.134 e. The molecule has 1 fully saturated rings. The van der Waals surface area contributed by atoms with Crippen LogP contribution in [0.1, 0.15) is 31.7 Å². The molecule has 1 aromatic rings. The van der Waals surface area contributed by atoms with Crippen LogP contribution in [0.5, 0.6) is 0 Å². The van der Waals surface area contributed by atoms with Crippen molar-refractivity contribution in [3.05, 3.63) is 11.9 Å². The molecular formula is C14H25N5. The third-order valence-corrected chi connectivity index (χ3v) is 3.65. The molecule has 1 saturated heterocycles. The largest absolute Gasteiger partial charge is 0.373 e. The summed E-state index contributed by atoms with van der Waals surface area (Å²) in [4.78, 5) is 11.1. The number of anilines is 2. The van der Waals surface area contributed by atoms with Gasteiger partial charge in [-0.1, -0.05) is 13.3 Å². The highest BCUT2D eigenvalue weighted by Crippen LogP contribution is 2.23. The zero-order valence-corrected chi connectivity index (χ0v) is 12.2. The molecule has 1 aromatic heterocycles. The van der Waals surface area contributed by atoms with Crippen LogP contribution in [0.3, 0.4) is 0 Å². The molecule has 0 spiro atoms. The van der Waals surface area contributed by atoms with Crippen LogP contribution < -0.4 is 10.6 Å². The third-order valence-electron chi connectivity index (χ3n) is 3.65. The number of rotatable bonds is 5. The maximum absolute atomic E-state index is 4.44. The lowest BCUT2D eigenvalue weighted by Gasteiger charge is -2.31. The molecule has 2 N–H and O–H groups in total. The average Bonchev–Trinajstić information content (AvgIpc) is 2.41. The van der Waals surface area contributed by atoms with E-state index in [-0.39, 0.29) is 0 Å². The second kappa shape index (κ2) is 6.70. The van der Waals surface area contributed by atoms with Crippen LogP contribution in [0.25, 0.3) is 0 Å². The first-order valence-corrected chi connectivity index (χ1v) is 7.21. The normalized spacial score (nSPS) is 20.3. The smallest absolute Gasteiger partial charge is 0.134 e. The van der Waals surface area contributed by atoms with Crippen molar-refractivity contribution in [2.45, 2.75) is 38.6 Å². The zero-order chi connectivity index (χ0) is 13.7. The van der Waals surface area contributed by atoms with E-state index < -0.39 is 0 Å². The summed E-state index contributed by atoms with van der Waals surface area (Å²) >= 11 is 0. The highest BCUT2D eigenvalue weighted by Gasteiger charge is 2.19. The number of aromatic nitrogens is 2. The van der Waals surface area contributed by atoms with E-state index in [0.29, 0.717) is 6.04 Å². The van der Waals surface area contributed by atoms with Crippen molar-refractivity contribution in [2.24, 2.45) is 0 Å². The van der Waals surface area contributed by atoms with Gasteiger partial charge < -0.3 is 15.5 Å². The van der Waals surface area contributed by atoms with Gasteiger partial charge in [-0.2, -0.15) is 0 Å². The Balaban J connectivity index is 2.14. The van der Waals surface area contributed by atoms with E-state index in [4.69, 9.17) is 0 Å². The van der Waals surface area contributed by atoms with Crippen molar-refractivity contribution in [3.63, 3.8) is 0 Å². The first-order valence-electron chi connectivity index (χ1n) is 7.21. The predicted octanol–water partition coefficient (Wildman–Crippen LogP) is 1.98. The van der Waals surface area contributed by atoms with E-state index in [1.54, 1.807) is 6.33 Å². The van der Waals surface area contributed by atoms with Crippen LogP contribution >= 0.6 is 0 Å². The number of hydrogen-bond acceptors (Lipinski definition) is 5. The second-order valence-electron chi connectivity index (χ2n) is 5.30. The third kappa shape index (κ3) is 3.56. The number of hydrogen-bond donors (Lipinski definition) is 2. The van der Waals surface area contributed by atoms with Gasteiger partial charge in [0.1, 0.15) is 18.0 Å². The summed E-state index contributed by atoms with van der Waals surface area (Å²) in [6.45, 7) is 4.47. The van der Waals surface area contributed by atoms with E-state index >= 15 is 0 Å². The fraction of sp³-hybridized carbons (Fsp3) is 0.714. The highest BCUT2D eigenvalue weighted by molar-refractivity contribution is 5.57.